The van der Waals surface area contributed by atoms with Crippen molar-refractivity contribution in [1.82, 2.24) is 5.32 Å². The standard InChI is InChI=1S/C15H24ClN/c1-5-10-17-14(15(2,3)4)11-12-6-8-13(16)9-7-12/h6-9,14,17H,5,10-11H2,1-4H3. The molecule has 1 unspecified atom stereocenters. The Hall–Kier alpha value is -0.530. The predicted molar refractivity (Wildman–Crippen MR) is 76.7 cm³/mol. The van der Waals surface area contributed by atoms with Crippen LogP contribution in [0.1, 0.15) is 39.7 Å². The van der Waals surface area contributed by atoms with Gasteiger partial charge >= 0.3 is 0 Å². The van der Waals surface area contributed by atoms with Gasteiger partial charge in [-0.05, 0) is 42.5 Å². The summed E-state index contributed by atoms with van der Waals surface area (Å²) in [7, 11) is 0. The van der Waals surface area contributed by atoms with E-state index < -0.39 is 0 Å². The van der Waals surface area contributed by atoms with E-state index in [0.717, 1.165) is 18.0 Å². The molecule has 0 amide bonds. The Labute approximate surface area is 111 Å². The quantitative estimate of drug-likeness (QED) is 0.825. The molecule has 1 aromatic carbocycles. The monoisotopic (exact) mass is 253 g/mol. The van der Waals surface area contributed by atoms with E-state index in [9.17, 15) is 0 Å². The summed E-state index contributed by atoms with van der Waals surface area (Å²) in [6.07, 6.45) is 2.23. The molecule has 1 N–H and O–H groups in total. The van der Waals surface area contributed by atoms with Gasteiger partial charge in [0.1, 0.15) is 0 Å². The minimum atomic E-state index is 0.273. The van der Waals surface area contributed by atoms with Crippen molar-refractivity contribution in [3.8, 4) is 0 Å². The molecule has 1 rings (SSSR count). The topological polar surface area (TPSA) is 12.0 Å². The van der Waals surface area contributed by atoms with E-state index in [2.05, 4.69) is 45.1 Å². The second-order valence-corrected chi connectivity index (χ2v) is 6.14. The SMILES string of the molecule is CCCNC(Cc1ccc(Cl)cc1)C(C)(C)C. The van der Waals surface area contributed by atoms with Crippen molar-refractivity contribution in [1.29, 1.82) is 0 Å². The molecular formula is C15H24ClN. The van der Waals surface area contributed by atoms with Crippen molar-refractivity contribution in [2.75, 3.05) is 6.54 Å². The number of halogens is 1. The van der Waals surface area contributed by atoms with E-state index >= 15 is 0 Å². The van der Waals surface area contributed by atoms with Crippen LogP contribution in [0.25, 0.3) is 0 Å². The van der Waals surface area contributed by atoms with Gasteiger partial charge in [-0.3, -0.25) is 0 Å². The first-order chi connectivity index (χ1) is 7.93. The summed E-state index contributed by atoms with van der Waals surface area (Å²) >= 11 is 5.91. The minimum absolute atomic E-state index is 0.273. The molecule has 2 heteroatoms. The largest absolute Gasteiger partial charge is 0.313 e. The lowest BCUT2D eigenvalue weighted by Crippen LogP contribution is -2.42. The summed E-state index contributed by atoms with van der Waals surface area (Å²) in [5.74, 6) is 0. The summed E-state index contributed by atoms with van der Waals surface area (Å²) in [4.78, 5) is 0. The molecule has 0 aliphatic carbocycles. The second-order valence-electron chi connectivity index (χ2n) is 5.70. The highest BCUT2D eigenvalue weighted by molar-refractivity contribution is 6.30. The van der Waals surface area contributed by atoms with Crippen LogP contribution >= 0.6 is 11.6 Å². The molecule has 0 bridgehead atoms. The summed E-state index contributed by atoms with van der Waals surface area (Å²) < 4.78 is 0. The first-order valence-corrected chi connectivity index (χ1v) is 6.79. The van der Waals surface area contributed by atoms with E-state index in [-0.39, 0.29) is 5.41 Å². The summed E-state index contributed by atoms with van der Waals surface area (Å²) in [5, 5.41) is 4.45. The van der Waals surface area contributed by atoms with Crippen LogP contribution in [0.2, 0.25) is 5.02 Å². The zero-order valence-corrected chi connectivity index (χ0v) is 12.1. The van der Waals surface area contributed by atoms with Gasteiger partial charge in [0.05, 0.1) is 0 Å². The summed E-state index contributed by atoms with van der Waals surface area (Å²) in [6.45, 7) is 10.1. The molecule has 0 aromatic heterocycles. The third-order valence-electron chi connectivity index (χ3n) is 3.04. The number of benzene rings is 1. The Morgan fingerprint density at radius 2 is 1.76 bits per heavy atom. The fourth-order valence-electron chi connectivity index (χ4n) is 1.86. The fourth-order valence-corrected chi connectivity index (χ4v) is 1.99. The average molecular weight is 254 g/mol. The van der Waals surface area contributed by atoms with Gasteiger partial charge in [0, 0.05) is 11.1 Å². The maximum Gasteiger partial charge on any atom is 0.0406 e. The smallest absolute Gasteiger partial charge is 0.0406 e. The van der Waals surface area contributed by atoms with Crippen molar-refractivity contribution in [3.05, 3.63) is 34.9 Å². The number of rotatable bonds is 5. The molecule has 1 nitrogen and oxygen atoms in total. The third-order valence-corrected chi connectivity index (χ3v) is 3.29. The van der Waals surface area contributed by atoms with Crippen molar-refractivity contribution < 1.29 is 0 Å². The Balaban J connectivity index is 2.68. The Kier molecular flexibility index (Phi) is 5.48. The van der Waals surface area contributed by atoms with Crippen LogP contribution in [0.15, 0.2) is 24.3 Å². The first-order valence-electron chi connectivity index (χ1n) is 6.41. The maximum atomic E-state index is 5.91. The van der Waals surface area contributed by atoms with E-state index in [1.807, 2.05) is 12.1 Å². The van der Waals surface area contributed by atoms with Crippen LogP contribution in [-0.2, 0) is 6.42 Å². The average Bonchev–Trinajstić information content (AvgIpc) is 2.25. The van der Waals surface area contributed by atoms with E-state index in [1.165, 1.54) is 12.0 Å². The lowest BCUT2D eigenvalue weighted by atomic mass is 9.83. The highest BCUT2D eigenvalue weighted by Gasteiger charge is 2.23. The van der Waals surface area contributed by atoms with Gasteiger partial charge in [-0.1, -0.05) is 51.4 Å². The number of hydrogen-bond donors (Lipinski definition) is 1. The van der Waals surface area contributed by atoms with Crippen LogP contribution in [-0.4, -0.2) is 12.6 Å². The number of hydrogen-bond acceptors (Lipinski definition) is 1. The van der Waals surface area contributed by atoms with Crippen molar-refractivity contribution >= 4 is 11.6 Å². The maximum absolute atomic E-state index is 5.91. The Morgan fingerprint density at radius 3 is 2.24 bits per heavy atom. The molecule has 1 atom stereocenters. The molecule has 0 saturated heterocycles. The first kappa shape index (κ1) is 14.5. The molecular weight excluding hydrogens is 230 g/mol. The molecule has 0 saturated carbocycles. The highest BCUT2D eigenvalue weighted by atomic mass is 35.5. The summed E-state index contributed by atoms with van der Waals surface area (Å²) in [5.41, 5.74) is 1.62. The molecule has 0 aliphatic heterocycles. The van der Waals surface area contributed by atoms with E-state index in [1.54, 1.807) is 0 Å². The third kappa shape index (κ3) is 5.10. The Bertz CT molecular complexity index is 324. The second kappa shape index (κ2) is 6.42. The molecule has 0 fully saturated rings. The van der Waals surface area contributed by atoms with Crippen LogP contribution in [0.5, 0.6) is 0 Å². The minimum Gasteiger partial charge on any atom is -0.313 e. The lowest BCUT2D eigenvalue weighted by molar-refractivity contribution is 0.267. The predicted octanol–water partition coefficient (Wildman–Crippen LogP) is 4.30. The number of nitrogens with one attached hydrogen (secondary N) is 1. The molecule has 0 radical (unpaired) electrons. The normalized spacial score (nSPS) is 13.7. The zero-order chi connectivity index (χ0) is 12.9. The van der Waals surface area contributed by atoms with Crippen LogP contribution in [0, 0.1) is 5.41 Å². The molecule has 17 heavy (non-hydrogen) atoms. The summed E-state index contributed by atoms with van der Waals surface area (Å²) in [6, 6.07) is 8.68. The molecule has 0 aliphatic rings. The molecule has 1 aromatic rings. The van der Waals surface area contributed by atoms with Crippen molar-refractivity contribution in [2.24, 2.45) is 5.41 Å². The van der Waals surface area contributed by atoms with Crippen molar-refractivity contribution in [2.45, 2.75) is 46.6 Å². The zero-order valence-electron chi connectivity index (χ0n) is 11.4. The van der Waals surface area contributed by atoms with Crippen LogP contribution in [0.4, 0.5) is 0 Å². The van der Waals surface area contributed by atoms with Gasteiger partial charge in [-0.25, -0.2) is 0 Å². The Morgan fingerprint density at radius 1 is 1.18 bits per heavy atom. The van der Waals surface area contributed by atoms with Gasteiger partial charge < -0.3 is 5.32 Å². The highest BCUT2D eigenvalue weighted by Crippen LogP contribution is 2.23. The molecule has 0 heterocycles. The van der Waals surface area contributed by atoms with E-state index in [0.29, 0.717) is 6.04 Å². The molecule has 96 valence electrons. The van der Waals surface area contributed by atoms with Gasteiger partial charge in [0.25, 0.3) is 0 Å². The fraction of sp³-hybridized carbons (Fsp3) is 0.600. The van der Waals surface area contributed by atoms with Gasteiger partial charge in [-0.15, -0.1) is 0 Å². The van der Waals surface area contributed by atoms with Gasteiger partial charge in [0.2, 0.25) is 0 Å². The lowest BCUT2D eigenvalue weighted by Gasteiger charge is -2.32. The van der Waals surface area contributed by atoms with Gasteiger partial charge in [0.15, 0.2) is 0 Å². The molecule has 0 spiro atoms. The van der Waals surface area contributed by atoms with Crippen molar-refractivity contribution in [3.63, 3.8) is 0 Å². The van der Waals surface area contributed by atoms with Crippen LogP contribution < -0.4 is 5.32 Å². The van der Waals surface area contributed by atoms with Crippen LogP contribution in [0.3, 0.4) is 0 Å². The van der Waals surface area contributed by atoms with E-state index in [4.69, 9.17) is 11.6 Å². The van der Waals surface area contributed by atoms with Gasteiger partial charge in [-0.2, -0.15) is 0 Å².